The fourth-order valence-corrected chi connectivity index (χ4v) is 4.00. The number of nitro groups is 1. The van der Waals surface area contributed by atoms with Crippen molar-refractivity contribution in [1.29, 1.82) is 0 Å². The second kappa shape index (κ2) is 9.59. The number of nitrogens with one attached hydrogen (secondary N) is 1. The molecule has 7 nitrogen and oxygen atoms in total. The van der Waals surface area contributed by atoms with Crippen molar-refractivity contribution in [3.05, 3.63) is 74.9 Å². The third kappa shape index (κ3) is 5.49. The summed E-state index contributed by atoms with van der Waals surface area (Å²) in [6, 6.07) is 11.3. The third-order valence-electron chi connectivity index (χ3n) is 4.19. The van der Waals surface area contributed by atoms with Crippen LogP contribution in [0.3, 0.4) is 0 Å². The molecule has 0 atom stereocenters. The second-order valence-corrected chi connectivity index (χ2v) is 8.02. The lowest BCUT2D eigenvalue weighted by Crippen LogP contribution is -2.29. The molecule has 2 amide bonds. The summed E-state index contributed by atoms with van der Waals surface area (Å²) in [4.78, 5) is 36.7. The smallest absolute Gasteiger partial charge is 0.269 e. The number of thioether (sulfide) groups is 1. The van der Waals surface area contributed by atoms with Crippen molar-refractivity contribution >= 4 is 57.6 Å². The van der Waals surface area contributed by atoms with Gasteiger partial charge in [0, 0.05) is 30.8 Å². The molecule has 0 aromatic heterocycles. The van der Waals surface area contributed by atoms with Crippen LogP contribution in [0, 0.1) is 15.9 Å². The van der Waals surface area contributed by atoms with E-state index >= 15 is 0 Å². The van der Waals surface area contributed by atoms with Crippen LogP contribution >= 0.6 is 24.0 Å². The number of carbonyl (C=O) groups is 2. The number of benzene rings is 2. The molecule has 10 heteroatoms. The fraction of sp³-hybridized carbons (Fsp3) is 0.150. The Kier molecular flexibility index (Phi) is 6.91. The van der Waals surface area contributed by atoms with Crippen LogP contribution in [0.25, 0.3) is 6.08 Å². The van der Waals surface area contributed by atoms with Crippen LogP contribution in [0.2, 0.25) is 0 Å². The fourth-order valence-electron chi connectivity index (χ4n) is 2.69. The van der Waals surface area contributed by atoms with E-state index in [1.165, 1.54) is 53.1 Å². The summed E-state index contributed by atoms with van der Waals surface area (Å²) in [5.74, 6) is -0.868. The molecule has 30 heavy (non-hydrogen) atoms. The average Bonchev–Trinajstić information content (AvgIpc) is 2.97. The Balaban J connectivity index is 1.51. The van der Waals surface area contributed by atoms with Gasteiger partial charge in [-0.2, -0.15) is 0 Å². The van der Waals surface area contributed by atoms with E-state index in [1.54, 1.807) is 18.2 Å². The summed E-state index contributed by atoms with van der Waals surface area (Å²) in [5.41, 5.74) is 1.09. The Hall–Kier alpha value is -3.11. The van der Waals surface area contributed by atoms with Crippen molar-refractivity contribution in [2.75, 3.05) is 11.9 Å². The normalized spacial score (nSPS) is 15.0. The Morgan fingerprint density at radius 2 is 1.87 bits per heavy atom. The van der Waals surface area contributed by atoms with Gasteiger partial charge in [0.05, 0.1) is 9.83 Å². The van der Waals surface area contributed by atoms with E-state index in [-0.39, 0.29) is 29.7 Å². The lowest BCUT2D eigenvalue weighted by Gasteiger charge is -2.14. The van der Waals surface area contributed by atoms with Gasteiger partial charge in [0.25, 0.3) is 11.6 Å². The van der Waals surface area contributed by atoms with E-state index < -0.39 is 4.92 Å². The van der Waals surface area contributed by atoms with Crippen molar-refractivity contribution in [3.8, 4) is 0 Å². The van der Waals surface area contributed by atoms with Crippen molar-refractivity contribution in [1.82, 2.24) is 4.90 Å². The van der Waals surface area contributed by atoms with Gasteiger partial charge in [0.1, 0.15) is 10.1 Å². The summed E-state index contributed by atoms with van der Waals surface area (Å²) < 4.78 is 13.4. The number of halogens is 1. The van der Waals surface area contributed by atoms with Gasteiger partial charge in [-0.25, -0.2) is 4.39 Å². The molecular weight excluding hydrogens is 429 g/mol. The summed E-state index contributed by atoms with van der Waals surface area (Å²) in [6.07, 6.45) is 2.21. The Morgan fingerprint density at radius 1 is 1.20 bits per heavy atom. The first-order valence-corrected chi connectivity index (χ1v) is 10.1. The van der Waals surface area contributed by atoms with Crippen LogP contribution in [0.1, 0.15) is 18.4 Å². The minimum atomic E-state index is -0.516. The predicted molar refractivity (Wildman–Crippen MR) is 117 cm³/mol. The van der Waals surface area contributed by atoms with E-state index in [2.05, 4.69) is 5.32 Å². The van der Waals surface area contributed by atoms with Crippen LogP contribution in [0.15, 0.2) is 53.4 Å². The average molecular weight is 445 g/mol. The van der Waals surface area contributed by atoms with Gasteiger partial charge in [0.15, 0.2) is 0 Å². The van der Waals surface area contributed by atoms with Crippen molar-refractivity contribution in [3.63, 3.8) is 0 Å². The largest absolute Gasteiger partial charge is 0.326 e. The van der Waals surface area contributed by atoms with Gasteiger partial charge < -0.3 is 5.32 Å². The summed E-state index contributed by atoms with van der Waals surface area (Å²) in [5, 5.41) is 13.3. The number of nitrogens with zero attached hydrogens (tertiary/aromatic N) is 2. The zero-order chi connectivity index (χ0) is 21.7. The molecule has 0 saturated carbocycles. The number of carbonyl (C=O) groups excluding carboxylic acids is 2. The molecule has 1 saturated heterocycles. The minimum Gasteiger partial charge on any atom is -0.326 e. The van der Waals surface area contributed by atoms with Gasteiger partial charge in [-0.15, -0.1) is 0 Å². The summed E-state index contributed by atoms with van der Waals surface area (Å²) >= 11 is 6.43. The quantitative estimate of drug-likeness (QED) is 0.295. The van der Waals surface area contributed by atoms with Crippen LogP contribution in [0.4, 0.5) is 15.8 Å². The molecular formula is C20H16FN3O4S2. The Bertz CT molecular complexity index is 1020. The maximum atomic E-state index is 13.0. The van der Waals surface area contributed by atoms with Gasteiger partial charge in [-0.05, 0) is 42.3 Å². The van der Waals surface area contributed by atoms with Crippen molar-refractivity contribution in [2.24, 2.45) is 0 Å². The molecule has 1 heterocycles. The van der Waals surface area contributed by atoms with Gasteiger partial charge in [0.2, 0.25) is 5.91 Å². The van der Waals surface area contributed by atoms with Crippen molar-refractivity contribution in [2.45, 2.75) is 12.8 Å². The molecule has 2 aromatic rings. The highest BCUT2D eigenvalue weighted by molar-refractivity contribution is 8.26. The van der Waals surface area contributed by atoms with Crippen LogP contribution in [-0.2, 0) is 9.59 Å². The maximum absolute atomic E-state index is 13.0. The van der Waals surface area contributed by atoms with Gasteiger partial charge in [-0.3, -0.25) is 24.6 Å². The zero-order valence-corrected chi connectivity index (χ0v) is 17.2. The first-order valence-electron chi connectivity index (χ1n) is 8.89. The van der Waals surface area contributed by atoms with Crippen molar-refractivity contribution < 1.29 is 18.9 Å². The number of anilines is 1. The highest BCUT2D eigenvalue weighted by Gasteiger charge is 2.31. The molecule has 1 aliphatic rings. The number of non-ortho nitro benzene ring substituents is 1. The second-order valence-electron chi connectivity index (χ2n) is 6.34. The molecule has 0 spiro atoms. The topological polar surface area (TPSA) is 92.6 Å². The van der Waals surface area contributed by atoms with Gasteiger partial charge >= 0.3 is 0 Å². The van der Waals surface area contributed by atoms with E-state index in [0.29, 0.717) is 33.4 Å². The SMILES string of the molecule is O=C(CCCN1C(=O)/C(=C/c2ccc(F)cc2)SC1=S)Nc1ccc([N+](=O)[O-])cc1. The molecule has 1 N–H and O–H groups in total. The number of hydrogen-bond donors (Lipinski definition) is 1. The number of nitro benzene ring substituents is 1. The molecule has 0 unspecified atom stereocenters. The van der Waals surface area contributed by atoms with Gasteiger partial charge in [-0.1, -0.05) is 36.1 Å². The highest BCUT2D eigenvalue weighted by atomic mass is 32.2. The van der Waals surface area contributed by atoms with Crippen LogP contribution in [-0.4, -0.2) is 32.5 Å². The van der Waals surface area contributed by atoms with E-state index in [1.807, 2.05) is 0 Å². The molecule has 0 radical (unpaired) electrons. The molecule has 1 aliphatic heterocycles. The number of rotatable bonds is 7. The summed E-state index contributed by atoms with van der Waals surface area (Å²) in [7, 11) is 0. The molecule has 1 fully saturated rings. The maximum Gasteiger partial charge on any atom is 0.269 e. The van der Waals surface area contributed by atoms with E-state index in [9.17, 15) is 24.1 Å². The standard InChI is InChI=1S/C20H16FN3O4S2/c21-14-5-3-13(4-6-14)12-17-19(26)23(20(29)30-17)11-1-2-18(25)22-15-7-9-16(10-8-15)24(27)28/h3-10,12H,1-2,11H2,(H,22,25)/b17-12-. The highest BCUT2D eigenvalue weighted by Crippen LogP contribution is 2.32. The molecule has 0 aliphatic carbocycles. The number of thiocarbonyl (C=S) groups is 1. The molecule has 154 valence electrons. The lowest BCUT2D eigenvalue weighted by atomic mass is 10.2. The molecule has 0 bridgehead atoms. The van der Waals surface area contributed by atoms with Crippen LogP contribution in [0.5, 0.6) is 0 Å². The minimum absolute atomic E-state index is 0.0592. The zero-order valence-electron chi connectivity index (χ0n) is 15.5. The molecule has 3 rings (SSSR count). The Morgan fingerprint density at radius 3 is 2.50 bits per heavy atom. The monoisotopic (exact) mass is 445 g/mol. The number of hydrogen-bond acceptors (Lipinski definition) is 6. The summed E-state index contributed by atoms with van der Waals surface area (Å²) in [6.45, 7) is 0.291. The first-order chi connectivity index (χ1) is 14.3. The number of amides is 2. The Labute approximate surface area is 181 Å². The predicted octanol–water partition coefficient (Wildman–Crippen LogP) is 4.35. The lowest BCUT2D eigenvalue weighted by molar-refractivity contribution is -0.384. The van der Waals surface area contributed by atoms with E-state index in [4.69, 9.17) is 12.2 Å². The third-order valence-corrected chi connectivity index (χ3v) is 5.57. The van der Waals surface area contributed by atoms with Crippen LogP contribution < -0.4 is 5.32 Å². The first kappa shape index (κ1) is 21.6. The van der Waals surface area contributed by atoms with E-state index in [0.717, 1.165) is 0 Å². The molecule has 2 aromatic carbocycles.